The molecule has 1 aromatic heterocycles. The van der Waals surface area contributed by atoms with Crippen LogP contribution in [0.15, 0.2) is 54.7 Å². The van der Waals surface area contributed by atoms with Crippen molar-refractivity contribution in [1.82, 2.24) is 15.4 Å². The first kappa shape index (κ1) is 10.3. The maximum absolute atomic E-state index is 4.34. The normalized spacial score (nSPS) is 21.0. The molecule has 0 N–H and O–H groups in total. The summed E-state index contributed by atoms with van der Waals surface area (Å²) in [5, 5.41) is 12.2. The van der Waals surface area contributed by atoms with Gasteiger partial charge in [0.25, 0.3) is 0 Å². The summed E-state index contributed by atoms with van der Waals surface area (Å²) in [6.45, 7) is 0. The van der Waals surface area contributed by atoms with Gasteiger partial charge < -0.3 is 0 Å². The van der Waals surface area contributed by atoms with Crippen LogP contribution in [0.5, 0.6) is 0 Å². The van der Waals surface area contributed by atoms with E-state index in [1.54, 1.807) is 0 Å². The molecule has 94 valence electrons. The quantitative estimate of drug-likeness (QED) is 0.428. The second-order valence-electron chi connectivity index (χ2n) is 5.40. The summed E-state index contributed by atoms with van der Waals surface area (Å²) < 4.78 is 0. The lowest BCUT2D eigenvalue weighted by Gasteiger charge is -2.40. The molecule has 3 aliphatic rings. The number of aromatic nitrogens is 3. The van der Waals surface area contributed by atoms with E-state index in [-0.39, 0.29) is 11.8 Å². The van der Waals surface area contributed by atoms with Crippen molar-refractivity contribution in [3.63, 3.8) is 0 Å². The van der Waals surface area contributed by atoms with Crippen LogP contribution in [0.25, 0.3) is 0 Å². The fraction of sp³-hybridized carbons (Fsp3) is 0.118. The number of nitrogens with zero attached hydrogens (tertiary/aromatic N) is 3. The molecule has 6 rings (SSSR count). The summed E-state index contributed by atoms with van der Waals surface area (Å²) in [5.74, 6) is 0.461. The summed E-state index contributed by atoms with van der Waals surface area (Å²) >= 11 is 0. The van der Waals surface area contributed by atoms with Gasteiger partial charge in [0.1, 0.15) is 0 Å². The fourth-order valence-corrected chi connectivity index (χ4v) is 3.77. The van der Waals surface area contributed by atoms with E-state index in [1.165, 1.54) is 27.8 Å². The third kappa shape index (κ3) is 1.09. The van der Waals surface area contributed by atoms with Gasteiger partial charge >= 0.3 is 0 Å². The molecular formula is C17H11N3. The third-order valence-corrected chi connectivity index (χ3v) is 4.52. The maximum Gasteiger partial charge on any atom is 0.0825 e. The van der Waals surface area contributed by atoms with E-state index < -0.39 is 0 Å². The zero-order chi connectivity index (χ0) is 13.1. The lowest BCUT2D eigenvalue weighted by molar-refractivity contribution is 0.674. The lowest BCUT2D eigenvalue weighted by Crippen LogP contribution is -2.29. The highest BCUT2D eigenvalue weighted by Gasteiger charge is 2.42. The van der Waals surface area contributed by atoms with Crippen LogP contribution in [-0.2, 0) is 0 Å². The predicted molar refractivity (Wildman–Crippen MR) is 74.6 cm³/mol. The van der Waals surface area contributed by atoms with Crippen LogP contribution < -0.4 is 0 Å². The lowest BCUT2D eigenvalue weighted by atomic mass is 9.63. The number of rotatable bonds is 0. The van der Waals surface area contributed by atoms with E-state index in [0.29, 0.717) is 0 Å². The molecule has 0 saturated heterocycles. The summed E-state index contributed by atoms with van der Waals surface area (Å²) in [5.41, 5.74) is 7.79. The van der Waals surface area contributed by atoms with Crippen LogP contribution >= 0.6 is 0 Å². The summed E-state index contributed by atoms with van der Waals surface area (Å²) in [6, 6.07) is 17.3. The molecule has 0 radical (unpaired) electrons. The van der Waals surface area contributed by atoms with Crippen molar-refractivity contribution < 1.29 is 0 Å². The van der Waals surface area contributed by atoms with Gasteiger partial charge in [-0.05, 0) is 27.5 Å². The number of hydrogen-bond acceptors (Lipinski definition) is 3. The Labute approximate surface area is 116 Å². The Bertz CT molecular complexity index is 659. The van der Waals surface area contributed by atoms with Gasteiger partial charge in [0.05, 0.1) is 17.8 Å². The average Bonchev–Trinajstić information content (AvgIpc) is 2.54. The van der Waals surface area contributed by atoms with E-state index >= 15 is 0 Å². The molecule has 1 heterocycles. The van der Waals surface area contributed by atoms with Crippen molar-refractivity contribution in [2.24, 2.45) is 0 Å². The van der Waals surface area contributed by atoms with Gasteiger partial charge in [0.2, 0.25) is 0 Å². The fourth-order valence-electron chi connectivity index (χ4n) is 3.77. The zero-order valence-corrected chi connectivity index (χ0v) is 10.7. The van der Waals surface area contributed by atoms with E-state index in [2.05, 4.69) is 63.9 Å². The number of hydrogen-bond donors (Lipinski definition) is 0. The molecule has 0 spiro atoms. The summed E-state index contributed by atoms with van der Waals surface area (Å²) in [4.78, 5) is 0. The first-order valence-electron chi connectivity index (χ1n) is 6.81. The second kappa shape index (κ2) is 3.51. The highest BCUT2D eigenvalue weighted by molar-refractivity contribution is 5.65. The molecule has 3 aliphatic carbocycles. The SMILES string of the molecule is c1ccc2c(c1)C1c3ccccc3C2c2nnncc21. The Morgan fingerprint density at radius 3 is 1.80 bits per heavy atom. The van der Waals surface area contributed by atoms with Crippen LogP contribution in [0.2, 0.25) is 0 Å². The van der Waals surface area contributed by atoms with Gasteiger partial charge in [-0.1, -0.05) is 48.5 Å². The van der Waals surface area contributed by atoms with Gasteiger partial charge in [-0.25, -0.2) is 0 Å². The molecule has 0 aliphatic heterocycles. The second-order valence-corrected chi connectivity index (χ2v) is 5.40. The highest BCUT2D eigenvalue weighted by atomic mass is 15.3. The minimum atomic E-state index is 0.206. The topological polar surface area (TPSA) is 38.7 Å². The molecular weight excluding hydrogens is 246 g/mol. The molecule has 3 aromatic rings. The molecule has 0 saturated carbocycles. The molecule has 2 aromatic carbocycles. The van der Waals surface area contributed by atoms with Gasteiger partial charge in [-0.3, -0.25) is 0 Å². The van der Waals surface area contributed by atoms with Crippen molar-refractivity contribution in [3.8, 4) is 0 Å². The van der Waals surface area contributed by atoms with Crippen LogP contribution in [0.3, 0.4) is 0 Å². The van der Waals surface area contributed by atoms with E-state index in [9.17, 15) is 0 Å². The molecule has 0 amide bonds. The van der Waals surface area contributed by atoms with Crippen molar-refractivity contribution in [2.45, 2.75) is 11.8 Å². The minimum Gasteiger partial charge on any atom is -0.138 e. The minimum absolute atomic E-state index is 0.206. The van der Waals surface area contributed by atoms with E-state index in [0.717, 1.165) is 5.69 Å². The smallest absolute Gasteiger partial charge is 0.0825 e. The van der Waals surface area contributed by atoms with Gasteiger partial charge in [-0.2, -0.15) is 0 Å². The Balaban J connectivity index is 1.93. The Morgan fingerprint density at radius 2 is 1.20 bits per heavy atom. The van der Waals surface area contributed by atoms with Gasteiger partial charge in [0, 0.05) is 11.5 Å². The molecule has 3 heteroatoms. The van der Waals surface area contributed by atoms with Crippen molar-refractivity contribution >= 4 is 0 Å². The zero-order valence-electron chi connectivity index (χ0n) is 10.7. The van der Waals surface area contributed by atoms with Gasteiger partial charge in [0.15, 0.2) is 0 Å². The summed E-state index contributed by atoms with van der Waals surface area (Å²) in [6.07, 6.45) is 1.88. The molecule has 2 bridgehead atoms. The van der Waals surface area contributed by atoms with Crippen molar-refractivity contribution in [3.05, 3.63) is 88.2 Å². The predicted octanol–water partition coefficient (Wildman–Crippen LogP) is 2.86. The Morgan fingerprint density at radius 1 is 0.650 bits per heavy atom. The molecule has 0 unspecified atom stereocenters. The van der Waals surface area contributed by atoms with Gasteiger partial charge in [-0.15, -0.1) is 10.2 Å². The molecule has 3 nitrogen and oxygen atoms in total. The standard InChI is InChI=1S/C17H11N3/c1-3-7-12-10(5-1)15-11-6-2-4-8-13(11)16(12)17-14(15)9-18-20-19-17/h1-9,15-16H. The monoisotopic (exact) mass is 257 g/mol. The van der Waals surface area contributed by atoms with Crippen LogP contribution in [0.4, 0.5) is 0 Å². The summed E-state index contributed by atoms with van der Waals surface area (Å²) in [7, 11) is 0. The van der Waals surface area contributed by atoms with Crippen molar-refractivity contribution in [2.75, 3.05) is 0 Å². The average molecular weight is 257 g/mol. The van der Waals surface area contributed by atoms with E-state index in [1.807, 2.05) is 6.20 Å². The largest absolute Gasteiger partial charge is 0.138 e. The number of benzene rings is 2. The molecule has 0 atom stereocenters. The van der Waals surface area contributed by atoms with Crippen molar-refractivity contribution in [1.29, 1.82) is 0 Å². The van der Waals surface area contributed by atoms with Crippen LogP contribution in [0, 0.1) is 0 Å². The first-order chi connectivity index (χ1) is 9.95. The molecule has 20 heavy (non-hydrogen) atoms. The molecule has 0 fully saturated rings. The Kier molecular flexibility index (Phi) is 1.80. The maximum atomic E-state index is 4.34. The Hall–Kier alpha value is -2.55. The first-order valence-corrected chi connectivity index (χ1v) is 6.81. The third-order valence-electron chi connectivity index (χ3n) is 4.52. The van der Waals surface area contributed by atoms with Crippen LogP contribution in [0.1, 0.15) is 45.3 Å². The van der Waals surface area contributed by atoms with Crippen LogP contribution in [-0.4, -0.2) is 15.4 Å². The highest BCUT2D eigenvalue weighted by Crippen LogP contribution is 2.54. The van der Waals surface area contributed by atoms with E-state index in [4.69, 9.17) is 0 Å².